The molecule has 33 heavy (non-hydrogen) atoms. The van der Waals surface area contributed by atoms with Crippen molar-refractivity contribution in [2.24, 2.45) is 5.73 Å². The summed E-state index contributed by atoms with van der Waals surface area (Å²) in [4.78, 5) is 25.1. The molecule has 8 nitrogen and oxygen atoms in total. The van der Waals surface area contributed by atoms with Gasteiger partial charge in [0, 0.05) is 17.8 Å². The quantitative estimate of drug-likeness (QED) is 0.332. The summed E-state index contributed by atoms with van der Waals surface area (Å²) in [6, 6.07) is 12.9. The van der Waals surface area contributed by atoms with Crippen LogP contribution in [0.3, 0.4) is 0 Å². The number of nitrogens with zero attached hydrogens (tertiary/aromatic N) is 3. The van der Waals surface area contributed by atoms with Crippen molar-refractivity contribution in [3.05, 3.63) is 76.4 Å². The molecule has 4 rings (SSSR count). The molecule has 0 aliphatic rings. The molecule has 0 unspecified atom stereocenters. The first-order chi connectivity index (χ1) is 16.0. The minimum atomic E-state index is -0.458. The molecule has 3 aromatic heterocycles. The lowest BCUT2D eigenvalue weighted by molar-refractivity contribution is -0.119. The highest BCUT2D eigenvalue weighted by Crippen LogP contribution is 2.28. The molecule has 3 N–H and O–H groups in total. The van der Waals surface area contributed by atoms with Crippen molar-refractivity contribution in [2.45, 2.75) is 24.2 Å². The van der Waals surface area contributed by atoms with Crippen LogP contribution in [0.1, 0.15) is 22.9 Å². The number of hydrogen-bond acceptors (Lipinski definition) is 7. The van der Waals surface area contributed by atoms with Gasteiger partial charge in [0.1, 0.15) is 5.82 Å². The van der Waals surface area contributed by atoms with Crippen molar-refractivity contribution in [2.75, 3.05) is 5.75 Å². The highest BCUT2D eigenvalue weighted by atomic mass is 32.2. The number of hydrogen-bond donors (Lipinski definition) is 2. The van der Waals surface area contributed by atoms with Crippen LogP contribution in [0.4, 0.5) is 4.39 Å². The molecule has 170 valence electrons. The summed E-state index contributed by atoms with van der Waals surface area (Å²) < 4.78 is 20.5. The van der Waals surface area contributed by atoms with Gasteiger partial charge in [-0.25, -0.2) is 4.39 Å². The molecule has 0 saturated heterocycles. The summed E-state index contributed by atoms with van der Waals surface area (Å²) in [6.07, 6.45) is 1.61. The van der Waals surface area contributed by atoms with Crippen molar-refractivity contribution >= 4 is 34.9 Å². The second-order valence-corrected chi connectivity index (χ2v) is 8.93. The van der Waals surface area contributed by atoms with Crippen LogP contribution in [-0.4, -0.2) is 32.3 Å². The minimum Gasteiger partial charge on any atom is -0.461 e. The van der Waals surface area contributed by atoms with Crippen LogP contribution >= 0.6 is 23.1 Å². The Bertz CT molecular complexity index is 1210. The lowest BCUT2D eigenvalue weighted by atomic mass is 10.1. The fourth-order valence-corrected chi connectivity index (χ4v) is 4.75. The van der Waals surface area contributed by atoms with Crippen molar-refractivity contribution in [1.82, 2.24) is 20.1 Å². The third-order valence-electron chi connectivity index (χ3n) is 4.71. The maximum Gasteiger partial charge on any atom is 0.231 e. The van der Waals surface area contributed by atoms with Crippen LogP contribution in [0.2, 0.25) is 0 Å². The standard InChI is InChI=1S/C22H20FN5O3S2/c23-15-7-5-14(6-8-15)20(17-4-2-12-32-17)25-19(30)13-33-22-27-26-21(16-3-1-11-31-16)28(22)10-9-18(24)29/h1-8,11-12,20H,9-10,13H2,(H2,24,29)(H,25,30)/t20-/m0/s1. The van der Waals surface area contributed by atoms with Gasteiger partial charge in [-0.3, -0.25) is 14.2 Å². The van der Waals surface area contributed by atoms with Gasteiger partial charge in [-0.2, -0.15) is 0 Å². The van der Waals surface area contributed by atoms with E-state index in [2.05, 4.69) is 15.5 Å². The Labute approximate surface area is 197 Å². The summed E-state index contributed by atoms with van der Waals surface area (Å²) in [6.45, 7) is 0.260. The second kappa shape index (κ2) is 10.5. The van der Waals surface area contributed by atoms with Crippen molar-refractivity contribution in [1.29, 1.82) is 0 Å². The van der Waals surface area contributed by atoms with Gasteiger partial charge in [0.15, 0.2) is 16.7 Å². The Morgan fingerprint density at radius 1 is 1.18 bits per heavy atom. The summed E-state index contributed by atoms with van der Waals surface area (Å²) in [5.74, 6) is -0.0132. The van der Waals surface area contributed by atoms with Gasteiger partial charge < -0.3 is 15.5 Å². The van der Waals surface area contributed by atoms with Crippen LogP contribution in [0.15, 0.2) is 69.7 Å². The first-order valence-electron chi connectivity index (χ1n) is 9.97. The van der Waals surface area contributed by atoms with Crippen LogP contribution in [0.5, 0.6) is 0 Å². The molecule has 2 amide bonds. The Morgan fingerprint density at radius 3 is 2.67 bits per heavy atom. The third kappa shape index (κ3) is 5.68. The number of carbonyl (C=O) groups excluding carboxylic acids is 2. The smallest absolute Gasteiger partial charge is 0.231 e. The van der Waals surface area contributed by atoms with E-state index < -0.39 is 11.9 Å². The number of amides is 2. The molecule has 0 aliphatic heterocycles. The average molecular weight is 486 g/mol. The van der Waals surface area contributed by atoms with E-state index in [1.54, 1.807) is 28.8 Å². The zero-order valence-corrected chi connectivity index (χ0v) is 18.9. The number of thiophene rings is 1. The van der Waals surface area contributed by atoms with E-state index >= 15 is 0 Å². The Morgan fingerprint density at radius 2 is 2.00 bits per heavy atom. The molecule has 11 heteroatoms. The van der Waals surface area contributed by atoms with Gasteiger partial charge in [0.25, 0.3) is 0 Å². The van der Waals surface area contributed by atoms with Gasteiger partial charge in [0.2, 0.25) is 11.8 Å². The van der Waals surface area contributed by atoms with Crippen LogP contribution in [0, 0.1) is 5.82 Å². The maximum atomic E-state index is 13.4. The van der Waals surface area contributed by atoms with Gasteiger partial charge in [-0.1, -0.05) is 30.0 Å². The number of carbonyl (C=O) groups is 2. The highest BCUT2D eigenvalue weighted by molar-refractivity contribution is 7.99. The summed E-state index contributed by atoms with van der Waals surface area (Å²) in [5.41, 5.74) is 6.09. The number of nitrogens with two attached hydrogens (primary N) is 1. The molecule has 0 fully saturated rings. The van der Waals surface area contributed by atoms with Crippen molar-refractivity contribution < 1.29 is 18.4 Å². The van der Waals surface area contributed by atoms with Crippen LogP contribution in [-0.2, 0) is 16.1 Å². The van der Waals surface area contributed by atoms with Crippen LogP contribution in [0.25, 0.3) is 11.6 Å². The Hall–Kier alpha value is -3.44. The van der Waals surface area contributed by atoms with Gasteiger partial charge >= 0.3 is 0 Å². The molecule has 0 saturated carbocycles. The topological polar surface area (TPSA) is 116 Å². The molecule has 1 aromatic carbocycles. The van der Waals surface area contributed by atoms with E-state index in [1.165, 1.54) is 41.5 Å². The predicted octanol–water partition coefficient (Wildman–Crippen LogP) is 3.61. The maximum absolute atomic E-state index is 13.4. The third-order valence-corrected chi connectivity index (χ3v) is 6.61. The van der Waals surface area contributed by atoms with E-state index in [4.69, 9.17) is 10.2 Å². The lowest BCUT2D eigenvalue weighted by Gasteiger charge is -2.18. The van der Waals surface area contributed by atoms with E-state index in [1.807, 2.05) is 17.5 Å². The zero-order chi connectivity index (χ0) is 23.2. The molecule has 3 heterocycles. The number of furan rings is 1. The van der Waals surface area contributed by atoms with Crippen molar-refractivity contribution in [3.8, 4) is 11.6 Å². The fraction of sp³-hybridized carbons (Fsp3) is 0.182. The number of halogens is 1. The molecular formula is C22H20FN5O3S2. The lowest BCUT2D eigenvalue weighted by Crippen LogP contribution is -2.30. The first-order valence-corrected chi connectivity index (χ1v) is 11.8. The zero-order valence-electron chi connectivity index (χ0n) is 17.3. The molecule has 0 aliphatic carbocycles. The van der Waals surface area contributed by atoms with E-state index in [0.717, 1.165) is 10.4 Å². The highest BCUT2D eigenvalue weighted by Gasteiger charge is 2.21. The second-order valence-electron chi connectivity index (χ2n) is 7.01. The number of aromatic nitrogens is 3. The summed E-state index contributed by atoms with van der Waals surface area (Å²) >= 11 is 2.69. The van der Waals surface area contributed by atoms with E-state index in [0.29, 0.717) is 16.7 Å². The molecular weight excluding hydrogens is 465 g/mol. The molecule has 4 aromatic rings. The Kier molecular flexibility index (Phi) is 7.20. The summed E-state index contributed by atoms with van der Waals surface area (Å²) in [5, 5.41) is 13.7. The fourth-order valence-electron chi connectivity index (χ4n) is 3.17. The van der Waals surface area contributed by atoms with Gasteiger partial charge in [0.05, 0.1) is 18.1 Å². The number of nitrogens with one attached hydrogen (secondary N) is 1. The Balaban J connectivity index is 1.48. The first kappa shape index (κ1) is 22.7. The van der Waals surface area contributed by atoms with E-state index in [-0.39, 0.29) is 30.4 Å². The van der Waals surface area contributed by atoms with Gasteiger partial charge in [-0.15, -0.1) is 21.5 Å². The molecule has 0 spiro atoms. The molecule has 0 bridgehead atoms. The SMILES string of the molecule is NC(=O)CCn1c(SCC(=O)N[C@@H](c2ccc(F)cc2)c2cccs2)nnc1-c1ccco1. The largest absolute Gasteiger partial charge is 0.461 e. The number of thioether (sulfide) groups is 1. The molecule has 0 radical (unpaired) electrons. The summed E-state index contributed by atoms with van der Waals surface area (Å²) in [7, 11) is 0. The van der Waals surface area contributed by atoms with Crippen LogP contribution < -0.4 is 11.1 Å². The monoisotopic (exact) mass is 485 g/mol. The number of primary amides is 1. The normalized spacial score (nSPS) is 11.9. The van der Waals surface area contributed by atoms with E-state index in [9.17, 15) is 14.0 Å². The number of rotatable bonds is 10. The minimum absolute atomic E-state index is 0.0654. The predicted molar refractivity (Wildman–Crippen MR) is 123 cm³/mol. The van der Waals surface area contributed by atoms with Crippen molar-refractivity contribution in [3.63, 3.8) is 0 Å². The molecule has 1 atom stereocenters. The average Bonchev–Trinajstić information content (AvgIpc) is 3.57. The van der Waals surface area contributed by atoms with Gasteiger partial charge in [-0.05, 0) is 41.3 Å². The number of benzene rings is 1.